The van der Waals surface area contributed by atoms with Crippen LogP contribution in [-0.2, 0) is 11.2 Å². The number of carbonyl (C=O) groups excluding carboxylic acids is 1. The number of amides is 1. The van der Waals surface area contributed by atoms with E-state index in [1.807, 2.05) is 28.4 Å². The van der Waals surface area contributed by atoms with Crippen molar-refractivity contribution in [2.24, 2.45) is 0 Å². The predicted octanol–water partition coefficient (Wildman–Crippen LogP) is 3.03. The molecule has 0 fully saturated rings. The molecular weight excluding hydrogens is 313 g/mol. The minimum atomic E-state index is -0.301. The second kappa shape index (κ2) is 7.19. The van der Waals surface area contributed by atoms with Gasteiger partial charge >= 0.3 is 0 Å². The number of hydrogen-bond acceptors (Lipinski definition) is 3. The summed E-state index contributed by atoms with van der Waals surface area (Å²) in [5, 5.41) is 11.3. The van der Waals surface area contributed by atoms with Crippen LogP contribution in [0.25, 0.3) is 0 Å². The Hall–Kier alpha value is -2.47. The summed E-state index contributed by atoms with van der Waals surface area (Å²) in [7, 11) is 0. The summed E-state index contributed by atoms with van der Waals surface area (Å²) in [6.45, 7) is 0.457. The quantitative estimate of drug-likeness (QED) is 0.755. The van der Waals surface area contributed by atoms with Crippen molar-refractivity contribution in [3.63, 3.8) is 0 Å². The van der Waals surface area contributed by atoms with Gasteiger partial charge < -0.3 is 5.32 Å². The molecule has 1 aromatic carbocycles. The van der Waals surface area contributed by atoms with Crippen LogP contribution in [0.3, 0.4) is 0 Å². The van der Waals surface area contributed by atoms with Gasteiger partial charge in [-0.15, -0.1) is 0 Å². The molecule has 0 aliphatic heterocycles. The first-order valence-corrected chi connectivity index (χ1v) is 8.19. The molecule has 0 radical (unpaired) electrons. The topological polar surface area (TPSA) is 46.9 Å². The van der Waals surface area contributed by atoms with E-state index in [0.717, 1.165) is 11.1 Å². The fourth-order valence-electron chi connectivity index (χ4n) is 2.35. The zero-order chi connectivity index (χ0) is 16.1. The highest BCUT2D eigenvalue weighted by atomic mass is 32.1. The summed E-state index contributed by atoms with van der Waals surface area (Å²) in [6.07, 6.45) is 3.84. The maximum Gasteiger partial charge on any atom is 0.224 e. The standard InChI is InChI=1S/C17H16FN3OS/c18-15-4-2-13(3-5-15)10-17(22)19-11-16(14-6-9-23-12-14)21-8-1-7-20-21/h1-9,12,16H,10-11H2,(H,19,22). The average Bonchev–Trinajstić information content (AvgIpc) is 3.24. The Kier molecular flexibility index (Phi) is 4.83. The number of carbonyl (C=O) groups is 1. The van der Waals surface area contributed by atoms with Crippen molar-refractivity contribution in [2.75, 3.05) is 6.54 Å². The fourth-order valence-corrected chi connectivity index (χ4v) is 3.06. The van der Waals surface area contributed by atoms with Crippen LogP contribution in [0.15, 0.2) is 59.6 Å². The molecular formula is C17H16FN3OS. The summed E-state index contributed by atoms with van der Waals surface area (Å²) in [4.78, 5) is 12.1. The van der Waals surface area contributed by atoms with Crippen molar-refractivity contribution in [3.8, 4) is 0 Å². The Morgan fingerprint density at radius 3 is 2.78 bits per heavy atom. The van der Waals surface area contributed by atoms with Crippen LogP contribution in [0.5, 0.6) is 0 Å². The van der Waals surface area contributed by atoms with Crippen molar-refractivity contribution in [3.05, 3.63) is 76.5 Å². The summed E-state index contributed by atoms with van der Waals surface area (Å²) < 4.78 is 14.7. The molecule has 0 saturated heterocycles. The molecule has 2 aromatic heterocycles. The third-order valence-corrected chi connectivity index (χ3v) is 4.24. The van der Waals surface area contributed by atoms with Gasteiger partial charge in [-0.05, 0) is 46.2 Å². The van der Waals surface area contributed by atoms with Gasteiger partial charge in [0.15, 0.2) is 0 Å². The first-order chi connectivity index (χ1) is 11.2. The van der Waals surface area contributed by atoms with E-state index in [2.05, 4.69) is 15.8 Å². The molecule has 0 bridgehead atoms. The zero-order valence-corrected chi connectivity index (χ0v) is 13.2. The number of aromatic nitrogens is 2. The summed E-state index contributed by atoms with van der Waals surface area (Å²) in [5.41, 5.74) is 1.90. The third-order valence-electron chi connectivity index (χ3n) is 3.54. The molecule has 23 heavy (non-hydrogen) atoms. The van der Waals surface area contributed by atoms with Crippen molar-refractivity contribution in [1.82, 2.24) is 15.1 Å². The van der Waals surface area contributed by atoms with Crippen molar-refractivity contribution in [2.45, 2.75) is 12.5 Å². The van der Waals surface area contributed by atoms with Gasteiger partial charge in [0.1, 0.15) is 5.82 Å². The van der Waals surface area contributed by atoms with E-state index >= 15 is 0 Å². The molecule has 1 atom stereocenters. The number of halogens is 1. The Labute approximate surface area is 137 Å². The Balaban J connectivity index is 1.62. The second-order valence-electron chi connectivity index (χ2n) is 5.17. The number of hydrogen-bond donors (Lipinski definition) is 1. The molecule has 2 heterocycles. The van der Waals surface area contributed by atoms with Gasteiger partial charge in [0.25, 0.3) is 0 Å². The van der Waals surface area contributed by atoms with Crippen molar-refractivity contribution >= 4 is 17.2 Å². The molecule has 4 nitrogen and oxygen atoms in total. The largest absolute Gasteiger partial charge is 0.353 e. The third kappa shape index (κ3) is 4.04. The minimum Gasteiger partial charge on any atom is -0.353 e. The van der Waals surface area contributed by atoms with E-state index in [-0.39, 0.29) is 24.2 Å². The molecule has 118 valence electrons. The van der Waals surface area contributed by atoms with Gasteiger partial charge in [0.05, 0.1) is 12.5 Å². The zero-order valence-electron chi connectivity index (χ0n) is 12.4. The van der Waals surface area contributed by atoms with Gasteiger partial charge in [0.2, 0.25) is 5.91 Å². The van der Waals surface area contributed by atoms with E-state index in [1.54, 1.807) is 29.7 Å². The molecule has 1 amide bonds. The lowest BCUT2D eigenvalue weighted by atomic mass is 10.1. The molecule has 3 rings (SSSR count). The molecule has 3 aromatic rings. The normalized spacial score (nSPS) is 12.0. The number of benzene rings is 1. The Bertz CT molecular complexity index is 705. The Morgan fingerprint density at radius 2 is 2.13 bits per heavy atom. The van der Waals surface area contributed by atoms with Crippen LogP contribution >= 0.6 is 11.3 Å². The summed E-state index contributed by atoms with van der Waals surface area (Å²) >= 11 is 1.61. The van der Waals surface area contributed by atoms with E-state index in [0.29, 0.717) is 6.54 Å². The maximum absolute atomic E-state index is 12.9. The van der Waals surface area contributed by atoms with Crippen LogP contribution in [0.4, 0.5) is 4.39 Å². The molecule has 1 N–H and O–H groups in total. The molecule has 0 spiro atoms. The van der Waals surface area contributed by atoms with Gasteiger partial charge in [-0.25, -0.2) is 4.39 Å². The highest BCUT2D eigenvalue weighted by molar-refractivity contribution is 7.07. The number of nitrogens with zero attached hydrogens (tertiary/aromatic N) is 2. The molecule has 0 aliphatic carbocycles. The second-order valence-corrected chi connectivity index (χ2v) is 5.95. The lowest BCUT2D eigenvalue weighted by Crippen LogP contribution is -2.32. The van der Waals surface area contributed by atoms with E-state index < -0.39 is 0 Å². The van der Waals surface area contributed by atoms with E-state index in [4.69, 9.17) is 0 Å². The van der Waals surface area contributed by atoms with Crippen LogP contribution in [-0.4, -0.2) is 22.2 Å². The van der Waals surface area contributed by atoms with Crippen LogP contribution in [0.2, 0.25) is 0 Å². The van der Waals surface area contributed by atoms with E-state index in [9.17, 15) is 9.18 Å². The van der Waals surface area contributed by atoms with Crippen LogP contribution < -0.4 is 5.32 Å². The predicted molar refractivity (Wildman–Crippen MR) is 87.8 cm³/mol. The van der Waals surface area contributed by atoms with Crippen molar-refractivity contribution in [1.29, 1.82) is 0 Å². The summed E-state index contributed by atoms with van der Waals surface area (Å²) in [6, 6.07) is 9.83. The molecule has 0 aliphatic rings. The first-order valence-electron chi connectivity index (χ1n) is 7.25. The average molecular weight is 329 g/mol. The van der Waals surface area contributed by atoms with E-state index in [1.165, 1.54) is 12.1 Å². The Morgan fingerprint density at radius 1 is 1.30 bits per heavy atom. The first kappa shape index (κ1) is 15.4. The number of nitrogens with one attached hydrogen (secondary N) is 1. The maximum atomic E-state index is 12.9. The van der Waals surface area contributed by atoms with Gasteiger partial charge in [-0.3, -0.25) is 9.48 Å². The highest BCUT2D eigenvalue weighted by Gasteiger charge is 2.15. The van der Waals surface area contributed by atoms with Gasteiger partial charge in [-0.1, -0.05) is 12.1 Å². The lowest BCUT2D eigenvalue weighted by molar-refractivity contribution is -0.120. The summed E-state index contributed by atoms with van der Waals surface area (Å²) in [5.74, 6) is -0.394. The lowest BCUT2D eigenvalue weighted by Gasteiger charge is -2.17. The number of rotatable bonds is 6. The van der Waals surface area contributed by atoms with Crippen LogP contribution in [0, 0.1) is 5.82 Å². The molecule has 1 unspecified atom stereocenters. The highest BCUT2D eigenvalue weighted by Crippen LogP contribution is 2.19. The smallest absolute Gasteiger partial charge is 0.224 e. The molecule has 6 heteroatoms. The monoisotopic (exact) mass is 329 g/mol. The van der Waals surface area contributed by atoms with Crippen LogP contribution in [0.1, 0.15) is 17.2 Å². The fraction of sp³-hybridized carbons (Fsp3) is 0.176. The van der Waals surface area contributed by atoms with Gasteiger partial charge in [-0.2, -0.15) is 16.4 Å². The SMILES string of the molecule is O=C(Cc1ccc(F)cc1)NCC(c1ccsc1)n1cccn1. The van der Waals surface area contributed by atoms with Gasteiger partial charge in [0, 0.05) is 18.9 Å². The van der Waals surface area contributed by atoms with Crippen molar-refractivity contribution < 1.29 is 9.18 Å². The number of thiophene rings is 1. The molecule has 0 saturated carbocycles. The minimum absolute atomic E-state index is 0.0339.